The number of hydrogen-bond donors (Lipinski definition) is 0. The van der Waals surface area contributed by atoms with E-state index in [1.165, 1.54) is 18.4 Å². The third-order valence-electron chi connectivity index (χ3n) is 3.15. The van der Waals surface area contributed by atoms with Gasteiger partial charge in [-0.25, -0.2) is 0 Å². The van der Waals surface area contributed by atoms with Crippen LogP contribution in [0.5, 0.6) is 5.75 Å². The second-order valence-electron chi connectivity index (χ2n) is 5.60. The fourth-order valence-electron chi connectivity index (χ4n) is 2.09. The van der Waals surface area contributed by atoms with Gasteiger partial charge in [-0.15, -0.1) is 0 Å². The summed E-state index contributed by atoms with van der Waals surface area (Å²) in [7, 11) is 0. The highest BCUT2D eigenvalue weighted by atomic mass is 16.5. The maximum atomic E-state index is 11.2. The van der Waals surface area contributed by atoms with E-state index in [0.29, 0.717) is 12.5 Å². The molecule has 1 saturated carbocycles. The quantitative estimate of drug-likeness (QED) is 0.776. The number of ether oxygens (including phenoxy) is 1. The summed E-state index contributed by atoms with van der Waals surface area (Å²) in [6, 6.07) is 8.16. The fourth-order valence-corrected chi connectivity index (χ4v) is 2.09. The average molecular weight is 232 g/mol. The van der Waals surface area contributed by atoms with Gasteiger partial charge in [0.05, 0.1) is 6.10 Å². The summed E-state index contributed by atoms with van der Waals surface area (Å²) in [5, 5.41) is 0. The first-order valence-electron chi connectivity index (χ1n) is 6.24. The van der Waals surface area contributed by atoms with Crippen molar-refractivity contribution in [3.8, 4) is 5.75 Å². The van der Waals surface area contributed by atoms with Crippen LogP contribution in [0.3, 0.4) is 0 Å². The predicted octanol–water partition coefficient (Wildman–Crippen LogP) is 3.48. The molecule has 0 bridgehead atoms. The zero-order valence-corrected chi connectivity index (χ0v) is 10.8. The van der Waals surface area contributed by atoms with E-state index in [2.05, 4.69) is 26.0 Å². The highest BCUT2D eigenvalue weighted by molar-refractivity contribution is 5.77. The Morgan fingerprint density at radius 1 is 1.29 bits per heavy atom. The van der Waals surface area contributed by atoms with Gasteiger partial charge in [-0.3, -0.25) is 4.79 Å². The van der Waals surface area contributed by atoms with Gasteiger partial charge < -0.3 is 4.74 Å². The molecule has 1 aromatic rings. The topological polar surface area (TPSA) is 26.3 Å². The molecule has 1 aliphatic carbocycles. The van der Waals surface area contributed by atoms with Gasteiger partial charge in [0.1, 0.15) is 11.5 Å². The second kappa shape index (κ2) is 4.52. The molecule has 2 rings (SSSR count). The maximum Gasteiger partial charge on any atom is 0.130 e. The standard InChI is InChI=1S/C15H20O2/c1-11(16)10-15(2,3)12-4-6-13(7-5-12)17-14-8-9-14/h4-7,14H,8-10H2,1-3H3. The van der Waals surface area contributed by atoms with E-state index >= 15 is 0 Å². The number of Topliss-reactive ketones (excluding diaryl/α,β-unsaturated/α-hetero) is 1. The van der Waals surface area contributed by atoms with Crippen LogP contribution >= 0.6 is 0 Å². The van der Waals surface area contributed by atoms with Crippen molar-refractivity contribution >= 4 is 5.78 Å². The molecule has 0 heterocycles. The first kappa shape index (κ1) is 12.2. The summed E-state index contributed by atoms with van der Waals surface area (Å²) in [6.45, 7) is 5.85. The second-order valence-corrected chi connectivity index (χ2v) is 5.60. The van der Waals surface area contributed by atoms with Gasteiger partial charge in [-0.1, -0.05) is 26.0 Å². The Balaban J connectivity index is 2.07. The van der Waals surface area contributed by atoms with Crippen molar-refractivity contribution in [1.82, 2.24) is 0 Å². The van der Waals surface area contributed by atoms with E-state index in [4.69, 9.17) is 4.74 Å². The highest BCUT2D eigenvalue weighted by Crippen LogP contribution is 2.31. The van der Waals surface area contributed by atoms with Crippen molar-refractivity contribution < 1.29 is 9.53 Å². The van der Waals surface area contributed by atoms with E-state index < -0.39 is 0 Å². The normalized spacial score (nSPS) is 15.7. The first-order valence-corrected chi connectivity index (χ1v) is 6.24. The van der Waals surface area contributed by atoms with E-state index in [1.807, 2.05) is 12.1 Å². The third-order valence-corrected chi connectivity index (χ3v) is 3.15. The van der Waals surface area contributed by atoms with Crippen molar-refractivity contribution in [2.75, 3.05) is 0 Å². The first-order chi connectivity index (χ1) is 7.97. The van der Waals surface area contributed by atoms with Gasteiger partial charge in [0, 0.05) is 6.42 Å². The zero-order chi connectivity index (χ0) is 12.5. The lowest BCUT2D eigenvalue weighted by Crippen LogP contribution is -2.20. The lowest BCUT2D eigenvalue weighted by molar-refractivity contribution is -0.118. The Labute approximate surface area is 103 Å². The molecule has 17 heavy (non-hydrogen) atoms. The van der Waals surface area contributed by atoms with Crippen molar-refractivity contribution in [2.45, 2.75) is 51.6 Å². The molecule has 0 saturated heterocycles. The molecule has 0 aliphatic heterocycles. The molecule has 0 amide bonds. The van der Waals surface area contributed by atoms with Crippen LogP contribution in [0, 0.1) is 0 Å². The number of benzene rings is 1. The predicted molar refractivity (Wildman–Crippen MR) is 68.4 cm³/mol. The lowest BCUT2D eigenvalue weighted by atomic mass is 9.80. The Morgan fingerprint density at radius 2 is 1.88 bits per heavy atom. The van der Waals surface area contributed by atoms with Crippen molar-refractivity contribution in [2.24, 2.45) is 0 Å². The van der Waals surface area contributed by atoms with Crippen LogP contribution in [-0.4, -0.2) is 11.9 Å². The van der Waals surface area contributed by atoms with Crippen molar-refractivity contribution in [3.05, 3.63) is 29.8 Å². The van der Waals surface area contributed by atoms with E-state index in [-0.39, 0.29) is 11.2 Å². The Kier molecular flexibility index (Phi) is 3.23. The summed E-state index contributed by atoms with van der Waals surface area (Å²) in [6.07, 6.45) is 3.37. The molecule has 0 aromatic heterocycles. The molecule has 0 atom stereocenters. The highest BCUT2D eigenvalue weighted by Gasteiger charge is 2.25. The molecule has 2 nitrogen and oxygen atoms in total. The van der Waals surface area contributed by atoms with Crippen LogP contribution in [-0.2, 0) is 10.2 Å². The van der Waals surface area contributed by atoms with Crippen LogP contribution in [0.2, 0.25) is 0 Å². The summed E-state index contributed by atoms with van der Waals surface area (Å²) >= 11 is 0. The zero-order valence-electron chi connectivity index (χ0n) is 10.8. The van der Waals surface area contributed by atoms with Crippen LogP contribution in [0.25, 0.3) is 0 Å². The fraction of sp³-hybridized carbons (Fsp3) is 0.533. The monoisotopic (exact) mass is 232 g/mol. The molecule has 0 unspecified atom stereocenters. The molecular formula is C15H20O2. The summed E-state index contributed by atoms with van der Waals surface area (Å²) in [4.78, 5) is 11.2. The van der Waals surface area contributed by atoms with Crippen molar-refractivity contribution in [1.29, 1.82) is 0 Å². The molecule has 1 fully saturated rings. The molecule has 92 valence electrons. The van der Waals surface area contributed by atoms with Crippen LogP contribution in [0.4, 0.5) is 0 Å². The lowest BCUT2D eigenvalue weighted by Gasteiger charge is -2.24. The van der Waals surface area contributed by atoms with Crippen LogP contribution in [0.15, 0.2) is 24.3 Å². The minimum absolute atomic E-state index is 0.0933. The van der Waals surface area contributed by atoms with Crippen LogP contribution < -0.4 is 4.74 Å². The minimum Gasteiger partial charge on any atom is -0.490 e. The Morgan fingerprint density at radius 3 is 2.35 bits per heavy atom. The van der Waals surface area contributed by atoms with Gasteiger partial charge in [-0.2, -0.15) is 0 Å². The Bertz CT molecular complexity index is 399. The largest absolute Gasteiger partial charge is 0.490 e. The SMILES string of the molecule is CC(=O)CC(C)(C)c1ccc(OC2CC2)cc1. The number of ketones is 1. The third kappa shape index (κ3) is 3.32. The molecule has 0 N–H and O–H groups in total. The van der Waals surface area contributed by atoms with Crippen molar-refractivity contribution in [3.63, 3.8) is 0 Å². The van der Waals surface area contributed by atoms with Gasteiger partial charge in [0.15, 0.2) is 0 Å². The van der Waals surface area contributed by atoms with Crippen LogP contribution in [0.1, 0.15) is 45.6 Å². The minimum atomic E-state index is -0.0933. The number of rotatable bonds is 5. The molecular weight excluding hydrogens is 212 g/mol. The van der Waals surface area contributed by atoms with Gasteiger partial charge in [0.25, 0.3) is 0 Å². The molecule has 0 radical (unpaired) electrons. The van der Waals surface area contributed by atoms with Gasteiger partial charge in [0.2, 0.25) is 0 Å². The maximum absolute atomic E-state index is 11.2. The summed E-state index contributed by atoms with van der Waals surface area (Å²) < 4.78 is 5.71. The average Bonchev–Trinajstić information content (AvgIpc) is 3.00. The smallest absolute Gasteiger partial charge is 0.130 e. The number of carbonyl (C=O) groups is 1. The molecule has 2 heteroatoms. The molecule has 1 aromatic carbocycles. The molecule has 0 spiro atoms. The molecule has 1 aliphatic rings. The van der Waals surface area contributed by atoms with Gasteiger partial charge in [-0.05, 0) is 42.9 Å². The van der Waals surface area contributed by atoms with Gasteiger partial charge >= 0.3 is 0 Å². The summed E-state index contributed by atoms with van der Waals surface area (Å²) in [5.74, 6) is 1.17. The summed E-state index contributed by atoms with van der Waals surface area (Å²) in [5.41, 5.74) is 1.10. The van der Waals surface area contributed by atoms with E-state index in [9.17, 15) is 4.79 Å². The number of carbonyl (C=O) groups excluding carboxylic acids is 1. The van der Waals surface area contributed by atoms with E-state index in [1.54, 1.807) is 6.92 Å². The number of hydrogen-bond acceptors (Lipinski definition) is 2. The van der Waals surface area contributed by atoms with E-state index in [0.717, 1.165) is 5.75 Å². The Hall–Kier alpha value is -1.31.